The molecule has 0 saturated heterocycles. The van der Waals surface area contributed by atoms with Crippen molar-refractivity contribution in [3.63, 3.8) is 0 Å². The minimum Gasteiger partial charge on any atom is -0.295 e. The summed E-state index contributed by atoms with van der Waals surface area (Å²) in [5, 5.41) is 0. The van der Waals surface area contributed by atoms with Crippen LogP contribution in [-0.2, 0) is 5.88 Å². The molecule has 1 aromatic heterocycles. The van der Waals surface area contributed by atoms with Crippen LogP contribution in [-0.4, -0.2) is 9.55 Å². The molecular formula is C14H9ClFIN2. The summed E-state index contributed by atoms with van der Waals surface area (Å²) in [6.45, 7) is 0. The fraction of sp³-hybridized carbons (Fsp3) is 0.0714. The van der Waals surface area contributed by atoms with Gasteiger partial charge in [0.2, 0.25) is 0 Å². The molecule has 0 atom stereocenters. The number of hydrogen-bond donors (Lipinski definition) is 0. The van der Waals surface area contributed by atoms with Gasteiger partial charge in [0.25, 0.3) is 0 Å². The van der Waals surface area contributed by atoms with E-state index < -0.39 is 0 Å². The lowest BCUT2D eigenvalue weighted by molar-refractivity contribution is 0.626. The molecule has 0 fully saturated rings. The van der Waals surface area contributed by atoms with E-state index in [1.54, 1.807) is 6.07 Å². The molecule has 3 rings (SSSR count). The lowest BCUT2D eigenvalue weighted by Crippen LogP contribution is -1.99. The zero-order valence-electron chi connectivity index (χ0n) is 9.78. The van der Waals surface area contributed by atoms with Crippen molar-refractivity contribution in [1.29, 1.82) is 0 Å². The molecule has 5 heteroatoms. The summed E-state index contributed by atoms with van der Waals surface area (Å²) in [5.74, 6) is 0.719. The molecule has 0 aliphatic heterocycles. The molecule has 0 radical (unpaired) electrons. The molecule has 0 N–H and O–H groups in total. The molecule has 0 spiro atoms. The van der Waals surface area contributed by atoms with Gasteiger partial charge in [0.1, 0.15) is 11.6 Å². The minimum atomic E-state index is -0.273. The fourth-order valence-electron chi connectivity index (χ4n) is 2.10. The molecule has 3 aromatic rings. The second-order valence-electron chi connectivity index (χ2n) is 4.11. The predicted molar refractivity (Wildman–Crippen MR) is 83.3 cm³/mol. The first-order valence-corrected chi connectivity index (χ1v) is 7.29. The van der Waals surface area contributed by atoms with Gasteiger partial charge in [-0.3, -0.25) is 4.57 Å². The smallest absolute Gasteiger partial charge is 0.129 e. The van der Waals surface area contributed by atoms with Crippen LogP contribution in [0.5, 0.6) is 0 Å². The van der Waals surface area contributed by atoms with Gasteiger partial charge >= 0.3 is 0 Å². The number of halogens is 3. The zero-order valence-corrected chi connectivity index (χ0v) is 12.7. The SMILES string of the molecule is Fc1cccc(-n2c(CCl)nc3cc(I)ccc32)c1. The van der Waals surface area contributed by atoms with Gasteiger partial charge in [0, 0.05) is 3.57 Å². The second-order valence-corrected chi connectivity index (χ2v) is 5.62. The molecule has 0 aliphatic rings. The van der Waals surface area contributed by atoms with Gasteiger partial charge in [0.05, 0.1) is 22.6 Å². The van der Waals surface area contributed by atoms with Gasteiger partial charge in [-0.25, -0.2) is 9.37 Å². The van der Waals surface area contributed by atoms with Gasteiger partial charge in [-0.05, 0) is 59.0 Å². The standard InChI is InChI=1S/C14H9ClFIN2/c15-8-14-18-12-7-10(17)4-5-13(12)19(14)11-3-1-2-9(16)6-11/h1-7H,8H2. The lowest BCUT2D eigenvalue weighted by Gasteiger charge is -2.07. The third-order valence-corrected chi connectivity index (χ3v) is 3.78. The minimum absolute atomic E-state index is 0.273. The third kappa shape index (κ3) is 2.34. The van der Waals surface area contributed by atoms with Crippen molar-refractivity contribution in [2.45, 2.75) is 5.88 Å². The third-order valence-electron chi connectivity index (χ3n) is 2.87. The average Bonchev–Trinajstić information content (AvgIpc) is 2.76. The monoisotopic (exact) mass is 386 g/mol. The number of aromatic nitrogens is 2. The Kier molecular flexibility index (Phi) is 3.45. The Morgan fingerprint density at radius 3 is 2.79 bits per heavy atom. The Labute approximate surface area is 128 Å². The molecule has 0 bridgehead atoms. The van der Waals surface area contributed by atoms with Crippen molar-refractivity contribution in [3.05, 3.63) is 57.7 Å². The van der Waals surface area contributed by atoms with Gasteiger partial charge in [-0.1, -0.05) is 6.07 Å². The molecule has 2 aromatic carbocycles. The van der Waals surface area contributed by atoms with Crippen molar-refractivity contribution in [1.82, 2.24) is 9.55 Å². The van der Waals surface area contributed by atoms with E-state index in [-0.39, 0.29) is 11.7 Å². The predicted octanol–water partition coefficient (Wildman–Crippen LogP) is 4.51. The van der Waals surface area contributed by atoms with E-state index in [1.807, 2.05) is 28.8 Å². The Morgan fingerprint density at radius 1 is 1.21 bits per heavy atom. The maximum Gasteiger partial charge on any atom is 0.129 e. The molecule has 0 saturated carbocycles. The van der Waals surface area contributed by atoms with Gasteiger partial charge < -0.3 is 0 Å². The first-order chi connectivity index (χ1) is 9.19. The van der Waals surface area contributed by atoms with Crippen LogP contribution in [0.1, 0.15) is 5.82 Å². The van der Waals surface area contributed by atoms with E-state index in [9.17, 15) is 4.39 Å². The quantitative estimate of drug-likeness (QED) is 0.468. The van der Waals surface area contributed by atoms with E-state index >= 15 is 0 Å². The van der Waals surface area contributed by atoms with Gasteiger partial charge in [-0.2, -0.15) is 0 Å². The fourth-order valence-corrected chi connectivity index (χ4v) is 2.75. The number of nitrogens with zero attached hydrogens (tertiary/aromatic N) is 2. The molecule has 0 unspecified atom stereocenters. The zero-order chi connectivity index (χ0) is 13.4. The van der Waals surface area contributed by atoms with Crippen LogP contribution in [0.3, 0.4) is 0 Å². The normalized spacial score (nSPS) is 11.1. The maximum atomic E-state index is 13.4. The summed E-state index contributed by atoms with van der Waals surface area (Å²) in [7, 11) is 0. The van der Waals surface area contributed by atoms with Crippen LogP contribution in [0.15, 0.2) is 42.5 Å². The second kappa shape index (κ2) is 5.09. The van der Waals surface area contributed by atoms with Gasteiger partial charge in [0.15, 0.2) is 0 Å². The highest BCUT2D eigenvalue weighted by molar-refractivity contribution is 14.1. The molecule has 19 heavy (non-hydrogen) atoms. The van der Waals surface area contributed by atoms with E-state index in [0.29, 0.717) is 5.82 Å². The van der Waals surface area contributed by atoms with Crippen molar-refractivity contribution >= 4 is 45.2 Å². The highest BCUT2D eigenvalue weighted by atomic mass is 127. The topological polar surface area (TPSA) is 17.8 Å². The Bertz CT molecular complexity index is 754. The van der Waals surface area contributed by atoms with E-state index in [1.165, 1.54) is 12.1 Å². The lowest BCUT2D eigenvalue weighted by atomic mass is 10.2. The van der Waals surface area contributed by atoms with Gasteiger partial charge in [-0.15, -0.1) is 11.6 Å². The average molecular weight is 387 g/mol. The van der Waals surface area contributed by atoms with Crippen LogP contribution in [0.2, 0.25) is 0 Å². The largest absolute Gasteiger partial charge is 0.295 e. The molecule has 0 aliphatic carbocycles. The molecule has 96 valence electrons. The van der Waals surface area contributed by atoms with Crippen LogP contribution in [0.4, 0.5) is 4.39 Å². The summed E-state index contributed by atoms with van der Waals surface area (Å²) < 4.78 is 16.4. The number of rotatable bonds is 2. The highest BCUT2D eigenvalue weighted by Crippen LogP contribution is 2.24. The van der Waals surface area contributed by atoms with Crippen molar-refractivity contribution in [2.24, 2.45) is 0 Å². The Hall–Kier alpha value is -1.14. The summed E-state index contributed by atoms with van der Waals surface area (Å²) in [5.41, 5.74) is 2.54. The number of imidazole rings is 1. The number of alkyl halides is 1. The Balaban J connectivity index is 2.32. The van der Waals surface area contributed by atoms with Crippen molar-refractivity contribution in [3.8, 4) is 5.69 Å². The molecule has 0 amide bonds. The number of benzene rings is 2. The van der Waals surface area contributed by atoms with E-state index in [0.717, 1.165) is 20.3 Å². The molecule has 2 nitrogen and oxygen atoms in total. The van der Waals surface area contributed by atoms with Crippen molar-refractivity contribution in [2.75, 3.05) is 0 Å². The summed E-state index contributed by atoms with van der Waals surface area (Å²) in [4.78, 5) is 4.50. The van der Waals surface area contributed by atoms with Crippen LogP contribution in [0.25, 0.3) is 16.7 Å². The maximum absolute atomic E-state index is 13.4. The van der Waals surface area contributed by atoms with E-state index in [2.05, 4.69) is 27.6 Å². The summed E-state index contributed by atoms with van der Waals surface area (Å²) in [6, 6.07) is 12.4. The first kappa shape index (κ1) is 12.9. The molecule has 1 heterocycles. The summed E-state index contributed by atoms with van der Waals surface area (Å²) in [6.07, 6.45) is 0. The van der Waals surface area contributed by atoms with Crippen LogP contribution < -0.4 is 0 Å². The number of fused-ring (bicyclic) bond motifs is 1. The summed E-state index contributed by atoms with van der Waals surface area (Å²) >= 11 is 8.19. The van der Waals surface area contributed by atoms with E-state index in [4.69, 9.17) is 11.6 Å². The van der Waals surface area contributed by atoms with Crippen molar-refractivity contribution < 1.29 is 4.39 Å². The molecular weight excluding hydrogens is 378 g/mol. The first-order valence-electron chi connectivity index (χ1n) is 5.68. The van der Waals surface area contributed by atoms with Crippen LogP contribution in [0, 0.1) is 9.39 Å². The van der Waals surface area contributed by atoms with Crippen LogP contribution >= 0.6 is 34.2 Å². The Morgan fingerprint density at radius 2 is 2.05 bits per heavy atom. The number of hydrogen-bond acceptors (Lipinski definition) is 1. The highest BCUT2D eigenvalue weighted by Gasteiger charge is 2.12.